The van der Waals surface area contributed by atoms with E-state index < -0.39 is 12.6 Å². The number of hydrogen-bond donors (Lipinski definition) is 0. The van der Waals surface area contributed by atoms with E-state index >= 15 is 0 Å². The van der Waals surface area contributed by atoms with Gasteiger partial charge in [0.25, 0.3) is 0 Å². The molecular weight excluding hydrogens is 712 g/mol. The van der Waals surface area contributed by atoms with Crippen molar-refractivity contribution in [2.75, 3.05) is 32.8 Å². The summed E-state index contributed by atoms with van der Waals surface area (Å²) in [6, 6.07) is 0. The lowest BCUT2D eigenvalue weighted by Crippen LogP contribution is -2.28. The van der Waals surface area contributed by atoms with Crippen LogP contribution in [0.1, 0.15) is 246 Å². The van der Waals surface area contributed by atoms with Gasteiger partial charge in [-0.3, -0.25) is 9.59 Å². The van der Waals surface area contributed by atoms with Gasteiger partial charge in [0.15, 0.2) is 0 Å². The van der Waals surface area contributed by atoms with E-state index in [1.807, 2.05) is 0 Å². The molecule has 0 radical (unpaired) electrons. The van der Waals surface area contributed by atoms with Crippen molar-refractivity contribution in [1.82, 2.24) is 4.90 Å². The molecule has 0 bridgehead atoms. The van der Waals surface area contributed by atoms with Crippen LogP contribution < -0.4 is 0 Å². The predicted molar refractivity (Wildman–Crippen MR) is 231 cm³/mol. The Morgan fingerprint density at radius 2 is 0.696 bits per heavy atom. The number of ether oxygens (including phenoxy) is 2. The first-order chi connectivity index (χ1) is 27.2. The molecule has 0 aromatic heterocycles. The molecule has 0 fully saturated rings. The van der Waals surface area contributed by atoms with Gasteiger partial charge in [0, 0.05) is 6.42 Å². The van der Waals surface area contributed by atoms with E-state index in [-0.39, 0.29) is 30.2 Å². The molecule has 2 atom stereocenters. The van der Waals surface area contributed by atoms with Crippen molar-refractivity contribution in [1.29, 1.82) is 0 Å². The fraction of sp³-hybridized carbons (Fsp3) is 0.958. The third kappa shape index (κ3) is 37.0. The highest BCUT2D eigenvalue weighted by molar-refractivity contribution is 5.72. The van der Waals surface area contributed by atoms with Crippen molar-refractivity contribution >= 4 is 11.9 Å². The maximum Gasteiger partial charge on any atom is 0.389 e. The van der Waals surface area contributed by atoms with E-state index in [1.54, 1.807) is 0 Å². The van der Waals surface area contributed by atoms with Gasteiger partial charge in [-0.2, -0.15) is 13.2 Å². The molecule has 0 amide bonds. The van der Waals surface area contributed by atoms with Crippen molar-refractivity contribution < 1.29 is 32.2 Å². The average molecular weight is 804 g/mol. The molecule has 0 aliphatic rings. The molecule has 5 nitrogen and oxygen atoms in total. The molecule has 0 rings (SSSR count). The van der Waals surface area contributed by atoms with Crippen LogP contribution in [0.25, 0.3) is 0 Å². The summed E-state index contributed by atoms with van der Waals surface area (Å²) in [5, 5.41) is 0. The second-order valence-electron chi connectivity index (χ2n) is 16.9. The maximum atomic E-state index is 13.0. The Morgan fingerprint density at radius 1 is 0.411 bits per heavy atom. The van der Waals surface area contributed by atoms with Crippen LogP contribution in [0, 0.1) is 11.8 Å². The third-order valence-corrected chi connectivity index (χ3v) is 11.5. The van der Waals surface area contributed by atoms with Crippen LogP contribution >= 0.6 is 0 Å². The molecule has 8 heteroatoms. The van der Waals surface area contributed by atoms with Crippen LogP contribution in [0.5, 0.6) is 0 Å². The first-order valence-electron chi connectivity index (χ1n) is 24.3. The number of hydrogen-bond acceptors (Lipinski definition) is 5. The molecule has 0 aromatic rings. The van der Waals surface area contributed by atoms with E-state index in [4.69, 9.17) is 9.47 Å². The lowest BCUT2D eigenvalue weighted by Gasteiger charge is -2.22. The largest absolute Gasteiger partial charge is 0.465 e. The summed E-state index contributed by atoms with van der Waals surface area (Å²) >= 11 is 0. The highest BCUT2D eigenvalue weighted by Crippen LogP contribution is 2.24. The fourth-order valence-electron chi connectivity index (χ4n) is 7.74. The molecule has 56 heavy (non-hydrogen) atoms. The number of halogens is 3. The highest BCUT2D eigenvalue weighted by atomic mass is 19.4. The highest BCUT2D eigenvalue weighted by Gasteiger charge is 2.26. The fourth-order valence-corrected chi connectivity index (χ4v) is 7.74. The number of carbonyl (C=O) groups excluding carboxylic acids is 2. The zero-order valence-electron chi connectivity index (χ0n) is 37.4. The Bertz CT molecular complexity index is 797. The average Bonchev–Trinajstić information content (AvgIpc) is 3.17. The smallest absolute Gasteiger partial charge is 0.389 e. The quantitative estimate of drug-likeness (QED) is 0.0454. The topological polar surface area (TPSA) is 55.8 Å². The van der Waals surface area contributed by atoms with Crippen LogP contribution in [0.15, 0.2) is 0 Å². The normalized spacial score (nSPS) is 13.0. The van der Waals surface area contributed by atoms with Gasteiger partial charge in [-0.15, -0.1) is 0 Å². The monoisotopic (exact) mass is 804 g/mol. The second-order valence-corrected chi connectivity index (χ2v) is 16.9. The molecular formula is C48H92F3NO4. The summed E-state index contributed by atoms with van der Waals surface area (Å²) in [7, 11) is 0. The minimum atomic E-state index is -4.12. The molecule has 0 aliphatic heterocycles. The van der Waals surface area contributed by atoms with Gasteiger partial charge >= 0.3 is 18.1 Å². The van der Waals surface area contributed by atoms with Crippen LogP contribution in [-0.2, 0) is 19.1 Å². The Labute approximate surface area is 345 Å². The summed E-state index contributed by atoms with van der Waals surface area (Å²) in [6.07, 6.45) is 30.6. The summed E-state index contributed by atoms with van der Waals surface area (Å²) in [4.78, 5) is 28.1. The van der Waals surface area contributed by atoms with Crippen molar-refractivity contribution in [3.05, 3.63) is 0 Å². The van der Waals surface area contributed by atoms with Crippen LogP contribution in [-0.4, -0.2) is 55.9 Å². The Morgan fingerprint density at radius 3 is 1.05 bits per heavy atom. The summed E-state index contributed by atoms with van der Waals surface area (Å²) in [5.74, 6) is 0.00933. The van der Waals surface area contributed by atoms with E-state index in [1.165, 1.54) is 103 Å². The molecule has 2 unspecified atom stereocenters. The zero-order chi connectivity index (χ0) is 41.4. The van der Waals surface area contributed by atoms with Crippen LogP contribution in [0.3, 0.4) is 0 Å². The summed E-state index contributed by atoms with van der Waals surface area (Å²) < 4.78 is 50.2. The Balaban J connectivity index is 4.52. The number of unbranched alkanes of at least 4 members (excludes halogenated alkanes) is 22. The summed E-state index contributed by atoms with van der Waals surface area (Å²) in [5.41, 5.74) is 0. The minimum absolute atomic E-state index is 0.0189. The minimum Gasteiger partial charge on any atom is -0.465 e. The lowest BCUT2D eigenvalue weighted by molar-refractivity contribution is -0.150. The van der Waals surface area contributed by atoms with E-state index in [0.29, 0.717) is 19.8 Å². The first kappa shape index (κ1) is 54.7. The van der Waals surface area contributed by atoms with Gasteiger partial charge in [0.05, 0.1) is 25.0 Å². The van der Waals surface area contributed by atoms with E-state index in [0.717, 1.165) is 116 Å². The predicted octanol–water partition coefficient (Wildman–Crippen LogP) is 15.5. The summed E-state index contributed by atoms with van der Waals surface area (Å²) in [6.45, 7) is 11.9. The van der Waals surface area contributed by atoms with Gasteiger partial charge in [-0.1, -0.05) is 182 Å². The number of carbonyl (C=O) groups is 2. The van der Waals surface area contributed by atoms with Gasteiger partial charge in [-0.05, 0) is 77.4 Å². The lowest BCUT2D eigenvalue weighted by atomic mass is 9.94. The number of rotatable bonds is 43. The Kier molecular flexibility index (Phi) is 39.5. The molecule has 0 aliphatic carbocycles. The molecule has 0 N–H and O–H groups in total. The van der Waals surface area contributed by atoms with E-state index in [2.05, 4.69) is 32.6 Å². The molecule has 0 heterocycles. The van der Waals surface area contributed by atoms with Crippen molar-refractivity contribution in [2.45, 2.75) is 252 Å². The molecule has 0 saturated carbocycles. The third-order valence-electron chi connectivity index (χ3n) is 11.5. The molecule has 334 valence electrons. The van der Waals surface area contributed by atoms with Gasteiger partial charge < -0.3 is 14.4 Å². The molecule has 0 saturated heterocycles. The SMILES string of the molecule is CCCCCCCCC(CCCCCC)C(=O)OCCCCCCN(CCCCCCOC(=O)C(CCCCCC)CCCCCCCC)CCCC(F)(F)F. The first-order valence-corrected chi connectivity index (χ1v) is 24.3. The zero-order valence-corrected chi connectivity index (χ0v) is 37.4. The second kappa shape index (κ2) is 40.5. The van der Waals surface area contributed by atoms with Crippen molar-refractivity contribution in [3.8, 4) is 0 Å². The van der Waals surface area contributed by atoms with Crippen LogP contribution in [0.4, 0.5) is 13.2 Å². The number of esters is 2. The van der Waals surface area contributed by atoms with Gasteiger partial charge in [0.2, 0.25) is 0 Å². The van der Waals surface area contributed by atoms with Gasteiger partial charge in [0.1, 0.15) is 0 Å². The van der Waals surface area contributed by atoms with Crippen molar-refractivity contribution in [2.24, 2.45) is 11.8 Å². The standard InChI is InChI=1S/C48H92F3NO4/c1-5-9-13-17-19-27-36-44(34-25-15-11-7-3)46(53)55-42-31-23-21-29-39-52(41-33-38-48(49,50)51)40-30-22-24-32-43-56-47(54)45(35-26-16-12-8-4)37-28-20-18-14-10-6-2/h44-45H,5-43H2,1-4H3. The Hall–Kier alpha value is -1.31. The van der Waals surface area contributed by atoms with Crippen LogP contribution in [0.2, 0.25) is 0 Å². The van der Waals surface area contributed by atoms with Crippen molar-refractivity contribution in [3.63, 3.8) is 0 Å². The molecule has 0 aromatic carbocycles. The number of nitrogens with zero attached hydrogens (tertiary/aromatic N) is 1. The number of alkyl halides is 3. The maximum absolute atomic E-state index is 13.0. The van der Waals surface area contributed by atoms with E-state index in [9.17, 15) is 22.8 Å². The molecule has 0 spiro atoms. The van der Waals surface area contributed by atoms with Gasteiger partial charge in [-0.25, -0.2) is 0 Å².